The smallest absolute Gasteiger partial charge is 0.366 e. The van der Waals surface area contributed by atoms with Crippen LogP contribution in [0.5, 0.6) is 0 Å². The maximum absolute atomic E-state index is 13.1. The fraction of sp³-hybridized carbons (Fsp3) is 0.450. The minimum atomic E-state index is -4.45. The van der Waals surface area contributed by atoms with Gasteiger partial charge < -0.3 is 10.6 Å². The van der Waals surface area contributed by atoms with Crippen LogP contribution in [0.3, 0.4) is 0 Å². The molecule has 7 nitrogen and oxygen atoms in total. The molecule has 166 valence electrons. The van der Waals surface area contributed by atoms with Gasteiger partial charge in [0.1, 0.15) is 0 Å². The first-order valence-electron chi connectivity index (χ1n) is 9.77. The van der Waals surface area contributed by atoms with Crippen LogP contribution in [-0.4, -0.2) is 57.7 Å². The highest BCUT2D eigenvalue weighted by Crippen LogP contribution is 2.40. The van der Waals surface area contributed by atoms with Gasteiger partial charge in [0.05, 0.1) is 17.3 Å². The summed E-state index contributed by atoms with van der Waals surface area (Å²) >= 11 is 5.90. The van der Waals surface area contributed by atoms with E-state index in [2.05, 4.69) is 10.00 Å². The Morgan fingerprint density at radius 3 is 2.58 bits per heavy atom. The molecule has 2 N–H and O–H groups in total. The first-order valence-corrected chi connectivity index (χ1v) is 10.2. The van der Waals surface area contributed by atoms with Gasteiger partial charge in [0, 0.05) is 42.8 Å². The van der Waals surface area contributed by atoms with Gasteiger partial charge in [-0.2, -0.15) is 23.0 Å². The first kappa shape index (κ1) is 21.6. The molecule has 11 heteroatoms. The van der Waals surface area contributed by atoms with Crippen molar-refractivity contribution in [1.29, 1.82) is 0 Å². The maximum atomic E-state index is 13.1. The van der Waals surface area contributed by atoms with E-state index in [9.17, 15) is 22.8 Å². The van der Waals surface area contributed by atoms with Crippen molar-refractivity contribution >= 4 is 23.5 Å². The second-order valence-corrected chi connectivity index (χ2v) is 8.73. The van der Waals surface area contributed by atoms with Crippen LogP contribution in [0.4, 0.5) is 18.0 Å². The topological polar surface area (TPSA) is 84.5 Å². The van der Waals surface area contributed by atoms with E-state index in [4.69, 9.17) is 17.3 Å². The average molecular weight is 456 g/mol. The molecule has 2 amide bonds. The Bertz CT molecular complexity index is 1020. The summed E-state index contributed by atoms with van der Waals surface area (Å²) in [6.45, 7) is 2.84. The molecule has 2 aliphatic heterocycles. The summed E-state index contributed by atoms with van der Waals surface area (Å²) in [7, 11) is 0. The minimum absolute atomic E-state index is 0.0610. The molecule has 0 saturated carbocycles. The Morgan fingerprint density at radius 1 is 1.16 bits per heavy atom. The number of carbonyl (C=O) groups is 2. The fourth-order valence-electron chi connectivity index (χ4n) is 4.46. The molecule has 0 aliphatic carbocycles. The number of halogens is 4. The number of hydrogen-bond donors (Lipinski definition) is 1. The van der Waals surface area contributed by atoms with E-state index in [-0.39, 0.29) is 22.0 Å². The number of amides is 2. The summed E-state index contributed by atoms with van der Waals surface area (Å²) in [6, 6.07) is 3.29. The summed E-state index contributed by atoms with van der Waals surface area (Å²) in [5.74, 6) is -0.655. The lowest BCUT2D eigenvalue weighted by molar-refractivity contribution is -0.137. The van der Waals surface area contributed by atoms with Gasteiger partial charge in [-0.1, -0.05) is 11.6 Å². The van der Waals surface area contributed by atoms with Crippen molar-refractivity contribution in [2.24, 2.45) is 11.1 Å². The Hall–Kier alpha value is -2.59. The number of nitrogens with zero attached hydrogens (tertiary/aromatic N) is 4. The average Bonchev–Trinajstić information content (AvgIpc) is 3.41. The number of nitrogens with two attached hydrogens (primary N) is 1. The van der Waals surface area contributed by atoms with E-state index >= 15 is 0 Å². The monoisotopic (exact) mass is 455 g/mol. The third kappa shape index (κ3) is 4.54. The van der Waals surface area contributed by atoms with Crippen molar-refractivity contribution in [3.8, 4) is 0 Å². The van der Waals surface area contributed by atoms with Crippen molar-refractivity contribution in [3.05, 3.63) is 52.3 Å². The van der Waals surface area contributed by atoms with Crippen molar-refractivity contribution in [2.75, 3.05) is 26.2 Å². The molecule has 1 aromatic carbocycles. The molecular formula is C20H21ClF3N5O2. The maximum Gasteiger partial charge on any atom is 0.416 e. The number of alkyl halides is 3. The van der Waals surface area contributed by atoms with Crippen molar-refractivity contribution in [1.82, 2.24) is 19.6 Å². The Morgan fingerprint density at radius 2 is 1.90 bits per heavy atom. The summed E-state index contributed by atoms with van der Waals surface area (Å²) in [5.41, 5.74) is 5.01. The minimum Gasteiger partial charge on any atom is -0.366 e. The number of primary amides is 1. The third-order valence-electron chi connectivity index (χ3n) is 5.98. The molecule has 2 fully saturated rings. The quantitative estimate of drug-likeness (QED) is 0.770. The number of hydrogen-bond acceptors (Lipinski definition) is 4. The van der Waals surface area contributed by atoms with Gasteiger partial charge in [-0.15, -0.1) is 0 Å². The summed E-state index contributed by atoms with van der Waals surface area (Å²) in [6.07, 6.45) is -0.242. The SMILES string of the molecule is NC(=O)c1cnn(C(=O)N2CCC3(CCN(Cc4cc(Cl)cc(C(F)(F)F)c4)C3)C2)c1. The molecule has 1 atom stereocenters. The number of aromatic nitrogens is 2. The highest BCUT2D eigenvalue weighted by atomic mass is 35.5. The van der Waals surface area contributed by atoms with Crippen LogP contribution in [0.25, 0.3) is 0 Å². The molecule has 1 aromatic heterocycles. The highest BCUT2D eigenvalue weighted by molar-refractivity contribution is 6.30. The zero-order chi connectivity index (χ0) is 22.4. The van der Waals surface area contributed by atoms with Gasteiger partial charge in [-0.05, 0) is 43.1 Å². The Labute approximate surface area is 181 Å². The lowest BCUT2D eigenvalue weighted by atomic mass is 9.86. The molecule has 2 saturated heterocycles. The van der Waals surface area contributed by atoms with E-state index < -0.39 is 17.6 Å². The van der Waals surface area contributed by atoms with Crippen molar-refractivity contribution < 1.29 is 22.8 Å². The summed E-state index contributed by atoms with van der Waals surface area (Å²) < 4.78 is 40.3. The van der Waals surface area contributed by atoms with Crippen molar-refractivity contribution in [2.45, 2.75) is 25.6 Å². The van der Waals surface area contributed by atoms with Crippen LogP contribution in [0.1, 0.15) is 34.3 Å². The second kappa shape index (κ2) is 7.83. The number of likely N-dealkylation sites (tertiary alicyclic amines) is 2. The Kier molecular flexibility index (Phi) is 5.47. The van der Waals surface area contributed by atoms with E-state index in [0.717, 1.165) is 36.2 Å². The number of benzene rings is 1. The molecule has 1 unspecified atom stereocenters. The van der Waals surface area contributed by atoms with Crippen molar-refractivity contribution in [3.63, 3.8) is 0 Å². The van der Waals surface area contributed by atoms with Crippen LogP contribution in [0.2, 0.25) is 5.02 Å². The van der Waals surface area contributed by atoms with E-state index in [0.29, 0.717) is 31.7 Å². The van der Waals surface area contributed by atoms with E-state index in [1.54, 1.807) is 11.0 Å². The van der Waals surface area contributed by atoms with Gasteiger partial charge in [-0.3, -0.25) is 9.69 Å². The predicted octanol–water partition coefficient (Wildman–Crippen LogP) is 3.22. The second-order valence-electron chi connectivity index (χ2n) is 8.30. The standard InChI is InChI=1S/C20H21ClF3N5O2/c21-16-6-13(5-15(7-16)20(22,23)24)9-27-3-1-19(11-27)2-4-28(12-19)18(31)29-10-14(8-26-29)17(25)30/h5-8,10H,1-4,9,11-12H2,(H2,25,30). The van der Waals surface area contributed by atoms with Crippen LogP contribution >= 0.6 is 11.6 Å². The number of rotatable bonds is 3. The summed E-state index contributed by atoms with van der Waals surface area (Å²) in [4.78, 5) is 27.7. The highest BCUT2D eigenvalue weighted by Gasteiger charge is 2.45. The van der Waals surface area contributed by atoms with Gasteiger partial charge in [0.15, 0.2) is 0 Å². The van der Waals surface area contributed by atoms with Crippen LogP contribution < -0.4 is 5.73 Å². The zero-order valence-electron chi connectivity index (χ0n) is 16.5. The normalized spacial score (nSPS) is 21.9. The largest absolute Gasteiger partial charge is 0.416 e. The molecule has 2 aliphatic rings. The molecule has 2 aromatic rings. The lowest BCUT2D eigenvalue weighted by Crippen LogP contribution is -2.36. The van der Waals surface area contributed by atoms with Crippen LogP contribution in [0, 0.1) is 5.41 Å². The molecule has 1 spiro atoms. The lowest BCUT2D eigenvalue weighted by Gasteiger charge is -2.25. The molecule has 4 rings (SSSR count). The van der Waals surface area contributed by atoms with Gasteiger partial charge in [0.2, 0.25) is 0 Å². The third-order valence-corrected chi connectivity index (χ3v) is 6.20. The molecule has 3 heterocycles. The van der Waals surface area contributed by atoms with E-state index in [1.165, 1.54) is 12.4 Å². The van der Waals surface area contributed by atoms with Crippen LogP contribution in [0.15, 0.2) is 30.6 Å². The fourth-order valence-corrected chi connectivity index (χ4v) is 4.72. The van der Waals surface area contributed by atoms with E-state index in [1.807, 2.05) is 0 Å². The first-order chi connectivity index (χ1) is 14.5. The molecule has 31 heavy (non-hydrogen) atoms. The summed E-state index contributed by atoms with van der Waals surface area (Å²) in [5, 5.41) is 3.97. The zero-order valence-corrected chi connectivity index (χ0v) is 17.3. The molecular weight excluding hydrogens is 435 g/mol. The number of carbonyl (C=O) groups excluding carboxylic acids is 2. The Balaban J connectivity index is 1.40. The molecule has 0 bridgehead atoms. The van der Waals surface area contributed by atoms with Gasteiger partial charge >= 0.3 is 12.2 Å². The molecule has 0 radical (unpaired) electrons. The van der Waals surface area contributed by atoms with Gasteiger partial charge in [-0.25, -0.2) is 4.79 Å². The van der Waals surface area contributed by atoms with Crippen LogP contribution in [-0.2, 0) is 12.7 Å². The predicted molar refractivity (Wildman–Crippen MR) is 107 cm³/mol. The van der Waals surface area contributed by atoms with Gasteiger partial charge in [0.25, 0.3) is 5.91 Å².